The lowest BCUT2D eigenvalue weighted by Gasteiger charge is -2.21. The summed E-state index contributed by atoms with van der Waals surface area (Å²) in [4.78, 5) is 12.6. The van der Waals surface area contributed by atoms with Gasteiger partial charge >= 0.3 is 5.97 Å². The molecule has 0 saturated heterocycles. The lowest BCUT2D eigenvalue weighted by atomic mass is 10.1. The van der Waals surface area contributed by atoms with Crippen molar-refractivity contribution < 1.29 is 14.3 Å². The quantitative estimate of drug-likeness (QED) is 0.764. The predicted octanol–water partition coefficient (Wildman–Crippen LogP) is 1.91. The summed E-state index contributed by atoms with van der Waals surface area (Å²) >= 11 is 0. The zero-order valence-corrected chi connectivity index (χ0v) is 10.8. The molecule has 4 nitrogen and oxygen atoms in total. The molecular formula is C14H17FN2O2. The molecule has 1 N–H and O–H groups in total. The highest BCUT2D eigenvalue weighted by Crippen LogP contribution is 2.06. The molecule has 1 unspecified atom stereocenters. The van der Waals surface area contributed by atoms with Crippen LogP contribution in [0.25, 0.3) is 0 Å². The van der Waals surface area contributed by atoms with E-state index in [0.717, 1.165) is 5.56 Å². The van der Waals surface area contributed by atoms with Gasteiger partial charge in [-0.3, -0.25) is 9.69 Å². The average Bonchev–Trinajstić information content (AvgIpc) is 2.37. The van der Waals surface area contributed by atoms with E-state index in [1.54, 1.807) is 24.0 Å². The fourth-order valence-corrected chi connectivity index (χ4v) is 1.74. The predicted molar refractivity (Wildman–Crippen MR) is 69.0 cm³/mol. The Labute approximate surface area is 112 Å². The highest BCUT2D eigenvalue weighted by atomic mass is 19.1. The van der Waals surface area contributed by atoms with Crippen molar-refractivity contribution in [3.63, 3.8) is 0 Å². The minimum Gasteiger partial charge on any atom is -0.481 e. The number of benzene rings is 1. The van der Waals surface area contributed by atoms with Crippen molar-refractivity contribution >= 4 is 5.97 Å². The van der Waals surface area contributed by atoms with Crippen LogP contribution in [0.5, 0.6) is 0 Å². The van der Waals surface area contributed by atoms with E-state index in [2.05, 4.69) is 0 Å². The summed E-state index contributed by atoms with van der Waals surface area (Å²) in [5, 5.41) is 17.6. The maximum Gasteiger partial charge on any atom is 0.307 e. The number of hydrogen-bond donors (Lipinski definition) is 1. The van der Waals surface area contributed by atoms with Crippen LogP contribution in [0.3, 0.4) is 0 Å². The molecule has 0 amide bonds. The zero-order valence-electron chi connectivity index (χ0n) is 10.8. The first kappa shape index (κ1) is 15.1. The summed E-state index contributed by atoms with van der Waals surface area (Å²) in [5.74, 6) is -1.66. The van der Waals surface area contributed by atoms with Crippen LogP contribution < -0.4 is 0 Å². The standard InChI is InChI=1S/C14H17FN2O2/c1-11(14(18)19)10-17(9-7-16)8-6-12-2-4-13(15)5-3-12/h2-5,11H,6,8-10H2,1H3,(H,18,19). The average molecular weight is 264 g/mol. The molecule has 0 aromatic heterocycles. The third-order valence-electron chi connectivity index (χ3n) is 2.88. The summed E-state index contributed by atoms with van der Waals surface area (Å²) in [6.45, 7) is 2.73. The molecule has 0 saturated carbocycles. The summed E-state index contributed by atoms with van der Waals surface area (Å²) in [5.41, 5.74) is 0.965. The minimum absolute atomic E-state index is 0.193. The van der Waals surface area contributed by atoms with Crippen molar-refractivity contribution in [2.75, 3.05) is 19.6 Å². The third-order valence-corrected chi connectivity index (χ3v) is 2.88. The second-order valence-electron chi connectivity index (χ2n) is 4.51. The molecule has 0 aliphatic heterocycles. The molecule has 1 atom stereocenters. The largest absolute Gasteiger partial charge is 0.481 e. The van der Waals surface area contributed by atoms with Crippen molar-refractivity contribution in [1.29, 1.82) is 5.26 Å². The Balaban J connectivity index is 2.52. The SMILES string of the molecule is CC(CN(CC#N)CCc1ccc(F)cc1)C(=O)O. The zero-order chi connectivity index (χ0) is 14.3. The van der Waals surface area contributed by atoms with Crippen LogP contribution in [-0.2, 0) is 11.2 Å². The van der Waals surface area contributed by atoms with E-state index >= 15 is 0 Å². The molecule has 5 heteroatoms. The van der Waals surface area contributed by atoms with E-state index in [9.17, 15) is 9.18 Å². The van der Waals surface area contributed by atoms with Crippen LogP contribution in [0.4, 0.5) is 4.39 Å². The summed E-state index contributed by atoms with van der Waals surface area (Å²) in [6, 6.07) is 8.21. The van der Waals surface area contributed by atoms with Gasteiger partial charge < -0.3 is 5.11 Å². The number of carbonyl (C=O) groups is 1. The van der Waals surface area contributed by atoms with Gasteiger partial charge in [0, 0.05) is 13.1 Å². The molecule has 102 valence electrons. The first-order valence-corrected chi connectivity index (χ1v) is 6.09. The molecule has 0 fully saturated rings. The Morgan fingerprint density at radius 1 is 1.47 bits per heavy atom. The number of carboxylic acids is 1. The second kappa shape index (κ2) is 7.49. The van der Waals surface area contributed by atoms with Gasteiger partial charge in [-0.05, 0) is 24.1 Å². The minimum atomic E-state index is -0.871. The molecule has 0 bridgehead atoms. The highest BCUT2D eigenvalue weighted by molar-refractivity contribution is 5.69. The molecule has 1 aromatic carbocycles. The maximum absolute atomic E-state index is 12.7. The van der Waals surface area contributed by atoms with Crippen molar-refractivity contribution in [2.24, 2.45) is 5.92 Å². The third kappa shape index (κ3) is 5.49. The summed E-state index contributed by atoms with van der Waals surface area (Å²) in [7, 11) is 0. The lowest BCUT2D eigenvalue weighted by Crippen LogP contribution is -2.33. The highest BCUT2D eigenvalue weighted by Gasteiger charge is 2.15. The van der Waals surface area contributed by atoms with Crippen molar-refractivity contribution in [3.05, 3.63) is 35.6 Å². The van der Waals surface area contributed by atoms with Crippen LogP contribution in [0, 0.1) is 23.1 Å². The molecule has 0 spiro atoms. The first-order valence-electron chi connectivity index (χ1n) is 6.09. The number of hydrogen-bond acceptors (Lipinski definition) is 3. The second-order valence-corrected chi connectivity index (χ2v) is 4.51. The molecule has 19 heavy (non-hydrogen) atoms. The van der Waals surface area contributed by atoms with E-state index < -0.39 is 11.9 Å². The topological polar surface area (TPSA) is 64.3 Å². The number of rotatable bonds is 7. The van der Waals surface area contributed by atoms with Gasteiger partial charge in [0.05, 0.1) is 18.5 Å². The molecule has 0 aliphatic carbocycles. The summed E-state index contributed by atoms with van der Waals surface area (Å²) < 4.78 is 12.7. The van der Waals surface area contributed by atoms with Crippen molar-refractivity contribution in [3.8, 4) is 6.07 Å². The van der Waals surface area contributed by atoms with E-state index in [1.165, 1.54) is 12.1 Å². The Kier molecular flexibility index (Phi) is 5.97. The van der Waals surface area contributed by atoms with Crippen LogP contribution in [0.15, 0.2) is 24.3 Å². The van der Waals surface area contributed by atoms with Crippen LogP contribution in [0.2, 0.25) is 0 Å². The number of nitriles is 1. The molecule has 0 aliphatic rings. The van der Waals surface area contributed by atoms with E-state index in [0.29, 0.717) is 19.5 Å². The van der Waals surface area contributed by atoms with Crippen LogP contribution >= 0.6 is 0 Å². The van der Waals surface area contributed by atoms with Crippen LogP contribution in [0.1, 0.15) is 12.5 Å². The number of aliphatic carboxylic acids is 1. The fourth-order valence-electron chi connectivity index (χ4n) is 1.74. The first-order chi connectivity index (χ1) is 9.02. The number of nitrogens with zero attached hydrogens (tertiary/aromatic N) is 2. The Morgan fingerprint density at radius 3 is 2.63 bits per heavy atom. The van der Waals surface area contributed by atoms with Gasteiger partial charge in [0.2, 0.25) is 0 Å². The maximum atomic E-state index is 12.7. The van der Waals surface area contributed by atoms with Crippen molar-refractivity contribution in [1.82, 2.24) is 4.90 Å². The lowest BCUT2D eigenvalue weighted by molar-refractivity contribution is -0.141. The Hall–Kier alpha value is -1.93. The number of halogens is 1. The van der Waals surface area contributed by atoms with Gasteiger partial charge in [0.15, 0.2) is 0 Å². The monoisotopic (exact) mass is 264 g/mol. The molecule has 0 radical (unpaired) electrons. The van der Waals surface area contributed by atoms with E-state index in [1.807, 2.05) is 6.07 Å². The van der Waals surface area contributed by atoms with Gasteiger partial charge in [0.1, 0.15) is 5.82 Å². The molecular weight excluding hydrogens is 247 g/mol. The van der Waals surface area contributed by atoms with Gasteiger partial charge in [-0.1, -0.05) is 19.1 Å². The Morgan fingerprint density at radius 2 is 2.11 bits per heavy atom. The van der Waals surface area contributed by atoms with Gasteiger partial charge in [0.25, 0.3) is 0 Å². The molecule has 1 rings (SSSR count). The molecule has 0 heterocycles. The van der Waals surface area contributed by atoms with Gasteiger partial charge in [-0.25, -0.2) is 4.39 Å². The smallest absolute Gasteiger partial charge is 0.307 e. The van der Waals surface area contributed by atoms with E-state index in [4.69, 9.17) is 10.4 Å². The Bertz CT molecular complexity index is 454. The number of carboxylic acid groups (broad SMARTS) is 1. The van der Waals surface area contributed by atoms with E-state index in [-0.39, 0.29) is 12.4 Å². The summed E-state index contributed by atoms with van der Waals surface area (Å²) in [6.07, 6.45) is 0.661. The van der Waals surface area contributed by atoms with Gasteiger partial charge in [-0.15, -0.1) is 0 Å². The van der Waals surface area contributed by atoms with Crippen LogP contribution in [-0.4, -0.2) is 35.6 Å². The van der Waals surface area contributed by atoms with Crippen molar-refractivity contribution in [2.45, 2.75) is 13.3 Å². The molecule has 1 aromatic rings. The fraction of sp³-hybridized carbons (Fsp3) is 0.429. The normalized spacial score (nSPS) is 12.1. The van der Waals surface area contributed by atoms with Gasteiger partial charge in [-0.2, -0.15) is 5.26 Å².